The standard InChI is InChI=1S/C17H19N5O3/c23-17(20-16-10-18-3-4-19-16)22-7-5-21(6-8-22)11-13-1-2-14-15(9-13)25-12-24-14/h1-4,9-10H,5-8,11-12H2,(H,19,20,23). The van der Waals surface area contributed by atoms with Crippen molar-refractivity contribution in [1.29, 1.82) is 0 Å². The van der Waals surface area contributed by atoms with Crippen molar-refractivity contribution in [2.45, 2.75) is 6.54 Å². The molecule has 25 heavy (non-hydrogen) atoms. The molecular formula is C17H19N5O3. The van der Waals surface area contributed by atoms with Gasteiger partial charge in [-0.05, 0) is 17.7 Å². The molecule has 1 aromatic heterocycles. The van der Waals surface area contributed by atoms with Crippen molar-refractivity contribution in [3.8, 4) is 11.5 Å². The molecule has 3 heterocycles. The molecule has 130 valence electrons. The van der Waals surface area contributed by atoms with Crippen LogP contribution in [0.3, 0.4) is 0 Å². The van der Waals surface area contributed by atoms with Gasteiger partial charge in [-0.3, -0.25) is 15.2 Å². The summed E-state index contributed by atoms with van der Waals surface area (Å²) in [5.74, 6) is 2.07. The first-order chi connectivity index (χ1) is 12.3. The number of rotatable bonds is 3. The highest BCUT2D eigenvalue weighted by molar-refractivity contribution is 5.88. The topological polar surface area (TPSA) is 79.8 Å². The minimum atomic E-state index is -0.136. The molecule has 1 aromatic carbocycles. The number of hydrogen-bond donors (Lipinski definition) is 1. The van der Waals surface area contributed by atoms with Gasteiger partial charge in [-0.15, -0.1) is 0 Å². The molecule has 0 saturated carbocycles. The number of nitrogens with one attached hydrogen (secondary N) is 1. The second-order valence-electron chi connectivity index (χ2n) is 5.97. The molecule has 8 nitrogen and oxygen atoms in total. The molecule has 0 unspecified atom stereocenters. The van der Waals surface area contributed by atoms with Crippen molar-refractivity contribution in [1.82, 2.24) is 19.8 Å². The second kappa shape index (κ2) is 6.94. The normalized spacial score (nSPS) is 16.7. The summed E-state index contributed by atoms with van der Waals surface area (Å²) in [6.45, 7) is 4.12. The average molecular weight is 341 g/mol. The summed E-state index contributed by atoms with van der Waals surface area (Å²) in [6, 6.07) is 5.89. The van der Waals surface area contributed by atoms with E-state index in [4.69, 9.17) is 9.47 Å². The van der Waals surface area contributed by atoms with E-state index in [1.165, 1.54) is 11.8 Å². The van der Waals surface area contributed by atoms with Gasteiger partial charge in [0.05, 0.1) is 6.20 Å². The molecule has 0 aliphatic carbocycles. The number of benzene rings is 1. The SMILES string of the molecule is O=C(Nc1cnccn1)N1CCN(Cc2ccc3c(c2)OCO3)CC1. The number of ether oxygens (including phenoxy) is 2. The molecule has 1 N–H and O–H groups in total. The Kier molecular flexibility index (Phi) is 4.34. The number of carbonyl (C=O) groups is 1. The first-order valence-electron chi connectivity index (χ1n) is 8.21. The molecule has 2 aliphatic rings. The maximum atomic E-state index is 12.3. The highest BCUT2D eigenvalue weighted by Gasteiger charge is 2.22. The van der Waals surface area contributed by atoms with E-state index in [2.05, 4.69) is 26.3 Å². The summed E-state index contributed by atoms with van der Waals surface area (Å²) in [5, 5.41) is 2.77. The summed E-state index contributed by atoms with van der Waals surface area (Å²) >= 11 is 0. The number of carbonyl (C=O) groups excluding carboxylic acids is 1. The van der Waals surface area contributed by atoms with Crippen LogP contribution in [0, 0.1) is 0 Å². The van der Waals surface area contributed by atoms with E-state index >= 15 is 0 Å². The third-order valence-corrected chi connectivity index (χ3v) is 4.30. The number of hydrogen-bond acceptors (Lipinski definition) is 6. The smallest absolute Gasteiger partial charge is 0.323 e. The lowest BCUT2D eigenvalue weighted by Gasteiger charge is -2.34. The number of piperazine rings is 1. The predicted molar refractivity (Wildman–Crippen MR) is 90.5 cm³/mol. The largest absolute Gasteiger partial charge is 0.454 e. The van der Waals surface area contributed by atoms with Gasteiger partial charge in [-0.2, -0.15) is 0 Å². The minimum absolute atomic E-state index is 0.136. The Labute approximate surface area is 145 Å². The Morgan fingerprint density at radius 3 is 2.76 bits per heavy atom. The highest BCUT2D eigenvalue weighted by Crippen LogP contribution is 2.32. The van der Waals surface area contributed by atoms with Crippen molar-refractivity contribution in [3.05, 3.63) is 42.4 Å². The van der Waals surface area contributed by atoms with E-state index in [9.17, 15) is 4.79 Å². The van der Waals surface area contributed by atoms with Crippen molar-refractivity contribution in [3.63, 3.8) is 0 Å². The van der Waals surface area contributed by atoms with Crippen molar-refractivity contribution < 1.29 is 14.3 Å². The molecule has 1 saturated heterocycles. The van der Waals surface area contributed by atoms with Crippen LogP contribution in [0.1, 0.15) is 5.56 Å². The van der Waals surface area contributed by atoms with Gasteiger partial charge in [-0.1, -0.05) is 6.07 Å². The Morgan fingerprint density at radius 2 is 1.96 bits per heavy atom. The Hall–Kier alpha value is -2.87. The third-order valence-electron chi connectivity index (χ3n) is 4.30. The number of urea groups is 1. The number of nitrogens with zero attached hydrogens (tertiary/aromatic N) is 4. The van der Waals surface area contributed by atoms with Crippen LogP contribution in [0.15, 0.2) is 36.8 Å². The minimum Gasteiger partial charge on any atom is -0.454 e. The number of amides is 2. The zero-order valence-corrected chi connectivity index (χ0v) is 13.7. The Bertz CT molecular complexity index is 747. The predicted octanol–water partition coefficient (Wildman–Crippen LogP) is 1.55. The molecule has 8 heteroatoms. The zero-order chi connectivity index (χ0) is 17.1. The fourth-order valence-corrected chi connectivity index (χ4v) is 2.96. The van der Waals surface area contributed by atoms with Crippen molar-refractivity contribution in [2.24, 2.45) is 0 Å². The molecule has 0 bridgehead atoms. The van der Waals surface area contributed by atoms with Gasteiger partial charge < -0.3 is 14.4 Å². The van der Waals surface area contributed by atoms with Crippen LogP contribution in [0.4, 0.5) is 10.6 Å². The summed E-state index contributed by atoms with van der Waals surface area (Å²) in [5.41, 5.74) is 1.18. The van der Waals surface area contributed by atoms with E-state index in [0.29, 0.717) is 25.7 Å². The molecule has 0 atom stereocenters. The van der Waals surface area contributed by atoms with Crippen LogP contribution in [-0.4, -0.2) is 58.8 Å². The lowest BCUT2D eigenvalue weighted by Crippen LogP contribution is -2.49. The van der Waals surface area contributed by atoms with E-state index < -0.39 is 0 Å². The van der Waals surface area contributed by atoms with Crippen LogP contribution in [0.5, 0.6) is 11.5 Å². The van der Waals surface area contributed by atoms with Gasteiger partial charge in [0.15, 0.2) is 17.3 Å². The van der Waals surface area contributed by atoms with Crippen LogP contribution in [0.25, 0.3) is 0 Å². The maximum Gasteiger partial charge on any atom is 0.323 e. The Balaban J connectivity index is 1.29. The van der Waals surface area contributed by atoms with Crippen LogP contribution in [0.2, 0.25) is 0 Å². The van der Waals surface area contributed by atoms with Gasteiger partial charge in [0.25, 0.3) is 0 Å². The zero-order valence-electron chi connectivity index (χ0n) is 13.7. The third kappa shape index (κ3) is 3.63. The summed E-state index contributed by atoms with van der Waals surface area (Å²) in [4.78, 5) is 24.4. The number of aromatic nitrogens is 2. The van der Waals surface area contributed by atoms with Gasteiger partial charge in [0.1, 0.15) is 0 Å². The summed E-state index contributed by atoms with van der Waals surface area (Å²) in [7, 11) is 0. The molecule has 2 aromatic rings. The first kappa shape index (κ1) is 15.6. The van der Waals surface area contributed by atoms with Gasteiger partial charge in [0, 0.05) is 45.1 Å². The lowest BCUT2D eigenvalue weighted by atomic mass is 10.1. The molecule has 0 spiro atoms. The van der Waals surface area contributed by atoms with Gasteiger partial charge in [0.2, 0.25) is 6.79 Å². The van der Waals surface area contributed by atoms with Crippen LogP contribution < -0.4 is 14.8 Å². The van der Waals surface area contributed by atoms with Crippen molar-refractivity contribution in [2.75, 3.05) is 38.3 Å². The van der Waals surface area contributed by atoms with E-state index in [1.54, 1.807) is 17.3 Å². The van der Waals surface area contributed by atoms with Gasteiger partial charge in [-0.25, -0.2) is 9.78 Å². The van der Waals surface area contributed by atoms with E-state index in [0.717, 1.165) is 31.1 Å². The lowest BCUT2D eigenvalue weighted by molar-refractivity contribution is 0.143. The fraction of sp³-hybridized carbons (Fsp3) is 0.353. The summed E-state index contributed by atoms with van der Waals surface area (Å²) in [6.07, 6.45) is 4.66. The molecule has 0 radical (unpaired) electrons. The monoisotopic (exact) mass is 341 g/mol. The maximum absolute atomic E-state index is 12.3. The first-order valence-corrected chi connectivity index (χ1v) is 8.21. The number of anilines is 1. The van der Waals surface area contributed by atoms with Crippen LogP contribution in [-0.2, 0) is 6.54 Å². The average Bonchev–Trinajstić information content (AvgIpc) is 3.11. The fourth-order valence-electron chi connectivity index (χ4n) is 2.96. The molecular weight excluding hydrogens is 322 g/mol. The number of fused-ring (bicyclic) bond motifs is 1. The molecule has 1 fully saturated rings. The quantitative estimate of drug-likeness (QED) is 0.912. The van der Waals surface area contributed by atoms with Crippen molar-refractivity contribution >= 4 is 11.8 Å². The summed E-state index contributed by atoms with van der Waals surface area (Å²) < 4.78 is 10.8. The van der Waals surface area contributed by atoms with E-state index in [-0.39, 0.29) is 6.03 Å². The van der Waals surface area contributed by atoms with Crippen LogP contribution >= 0.6 is 0 Å². The highest BCUT2D eigenvalue weighted by atomic mass is 16.7. The van der Waals surface area contributed by atoms with E-state index in [1.807, 2.05) is 12.1 Å². The molecule has 2 amide bonds. The molecule has 2 aliphatic heterocycles. The molecule has 4 rings (SSSR count). The van der Waals surface area contributed by atoms with Gasteiger partial charge >= 0.3 is 6.03 Å². The second-order valence-corrected chi connectivity index (χ2v) is 5.97. The Morgan fingerprint density at radius 1 is 1.12 bits per heavy atom.